The summed E-state index contributed by atoms with van der Waals surface area (Å²) in [6.45, 7) is 4.26. The van der Waals surface area contributed by atoms with E-state index in [0.29, 0.717) is 39.2 Å². The Morgan fingerprint density at radius 2 is 1.81 bits per heavy atom. The molecule has 0 unspecified atom stereocenters. The largest absolute Gasteiger partial charge is 0.497 e. The van der Waals surface area contributed by atoms with Crippen LogP contribution in [0.15, 0.2) is 82.7 Å². The van der Waals surface area contributed by atoms with Crippen molar-refractivity contribution in [1.82, 2.24) is 19.2 Å². The molecule has 0 aliphatic carbocycles. The fraction of sp³-hybridized carbons (Fsp3) is 0.185. The molecule has 2 aromatic heterocycles. The van der Waals surface area contributed by atoms with Crippen molar-refractivity contribution in [2.75, 3.05) is 18.2 Å². The predicted octanol–water partition coefficient (Wildman–Crippen LogP) is 4.90. The predicted molar refractivity (Wildman–Crippen MR) is 143 cm³/mol. The zero-order chi connectivity index (χ0) is 25.2. The molecule has 1 N–H and O–H groups in total. The number of nitrogens with one attached hydrogen (secondary N) is 1. The second kappa shape index (κ2) is 9.87. The van der Waals surface area contributed by atoms with Crippen LogP contribution in [0.4, 0.5) is 5.69 Å². The first-order chi connectivity index (χ1) is 17.5. The monoisotopic (exact) mass is 499 g/mol. The molecule has 0 saturated carbocycles. The maximum absolute atomic E-state index is 13.5. The lowest BCUT2D eigenvalue weighted by Crippen LogP contribution is -2.22. The quantitative estimate of drug-likeness (QED) is 0.321. The number of hydrogen-bond acceptors (Lipinski definition) is 6. The molecule has 0 spiro atoms. The van der Waals surface area contributed by atoms with Gasteiger partial charge in [-0.15, -0.1) is 10.2 Å². The fourth-order valence-corrected chi connectivity index (χ4v) is 4.77. The number of carbonyl (C=O) groups is 1. The highest BCUT2D eigenvalue weighted by molar-refractivity contribution is 7.99. The van der Waals surface area contributed by atoms with Crippen LogP contribution in [0.3, 0.4) is 0 Å². The molecule has 36 heavy (non-hydrogen) atoms. The highest BCUT2D eigenvalue weighted by Gasteiger charge is 2.19. The molecule has 2 heterocycles. The van der Waals surface area contributed by atoms with E-state index in [2.05, 4.69) is 29.4 Å². The SMILES string of the molecule is COc1cccc(-n2c(=O)c3ccccc3n3c(SCC(=O)Nc4ccc(C(C)C)cc4)nnc23)c1. The van der Waals surface area contributed by atoms with Gasteiger partial charge < -0.3 is 10.1 Å². The van der Waals surface area contributed by atoms with Gasteiger partial charge in [0, 0.05) is 11.8 Å². The summed E-state index contributed by atoms with van der Waals surface area (Å²) < 4.78 is 8.67. The molecular formula is C27H25N5O3S. The minimum atomic E-state index is -0.210. The van der Waals surface area contributed by atoms with Crippen LogP contribution < -0.4 is 15.6 Å². The van der Waals surface area contributed by atoms with E-state index in [4.69, 9.17) is 4.74 Å². The van der Waals surface area contributed by atoms with Crippen LogP contribution in [0, 0.1) is 0 Å². The van der Waals surface area contributed by atoms with Gasteiger partial charge >= 0.3 is 0 Å². The van der Waals surface area contributed by atoms with Gasteiger partial charge in [-0.1, -0.05) is 55.9 Å². The van der Waals surface area contributed by atoms with Crippen LogP contribution >= 0.6 is 11.8 Å². The van der Waals surface area contributed by atoms with E-state index in [0.717, 1.165) is 5.69 Å². The normalized spacial score (nSPS) is 11.3. The minimum Gasteiger partial charge on any atom is -0.497 e. The van der Waals surface area contributed by atoms with E-state index >= 15 is 0 Å². The first-order valence-corrected chi connectivity index (χ1v) is 12.5. The van der Waals surface area contributed by atoms with Crippen molar-refractivity contribution >= 4 is 40.0 Å². The highest BCUT2D eigenvalue weighted by Crippen LogP contribution is 2.25. The lowest BCUT2D eigenvalue weighted by molar-refractivity contribution is -0.113. The number of thioether (sulfide) groups is 1. The number of anilines is 1. The Kier molecular flexibility index (Phi) is 6.47. The van der Waals surface area contributed by atoms with Gasteiger partial charge in [0.1, 0.15) is 5.75 Å². The van der Waals surface area contributed by atoms with Crippen molar-refractivity contribution in [1.29, 1.82) is 0 Å². The van der Waals surface area contributed by atoms with Gasteiger partial charge in [0.2, 0.25) is 11.7 Å². The number of amides is 1. The van der Waals surface area contributed by atoms with Crippen molar-refractivity contribution in [3.63, 3.8) is 0 Å². The average Bonchev–Trinajstić information content (AvgIpc) is 3.32. The summed E-state index contributed by atoms with van der Waals surface area (Å²) >= 11 is 1.26. The van der Waals surface area contributed by atoms with Crippen molar-refractivity contribution in [3.05, 3.63) is 88.7 Å². The third kappa shape index (κ3) is 4.45. The number of hydrogen-bond donors (Lipinski definition) is 1. The summed E-state index contributed by atoms with van der Waals surface area (Å²) in [7, 11) is 1.58. The maximum atomic E-state index is 13.5. The number of benzene rings is 3. The molecular weight excluding hydrogens is 474 g/mol. The van der Waals surface area contributed by atoms with E-state index in [9.17, 15) is 9.59 Å². The second-order valence-corrected chi connectivity index (χ2v) is 9.53. The number of methoxy groups -OCH3 is 1. The van der Waals surface area contributed by atoms with Gasteiger partial charge in [-0.3, -0.25) is 14.0 Å². The minimum absolute atomic E-state index is 0.138. The van der Waals surface area contributed by atoms with E-state index in [1.165, 1.54) is 21.9 Å². The molecule has 5 aromatic rings. The van der Waals surface area contributed by atoms with E-state index < -0.39 is 0 Å². The molecule has 0 saturated heterocycles. The van der Waals surface area contributed by atoms with Gasteiger partial charge in [0.25, 0.3) is 5.56 Å². The Bertz CT molecular complexity index is 1620. The van der Waals surface area contributed by atoms with Crippen molar-refractivity contribution in [2.24, 2.45) is 0 Å². The highest BCUT2D eigenvalue weighted by atomic mass is 32.2. The zero-order valence-electron chi connectivity index (χ0n) is 20.1. The average molecular weight is 500 g/mol. The summed E-state index contributed by atoms with van der Waals surface area (Å²) in [4.78, 5) is 26.1. The maximum Gasteiger partial charge on any atom is 0.267 e. The van der Waals surface area contributed by atoms with Crippen LogP contribution in [-0.2, 0) is 4.79 Å². The Morgan fingerprint density at radius 1 is 1.03 bits per heavy atom. The van der Waals surface area contributed by atoms with Crippen molar-refractivity contribution in [2.45, 2.75) is 24.9 Å². The summed E-state index contributed by atoms with van der Waals surface area (Å²) in [6, 6.07) is 22.4. The second-order valence-electron chi connectivity index (χ2n) is 8.59. The van der Waals surface area contributed by atoms with Crippen LogP contribution in [0.5, 0.6) is 5.75 Å². The third-order valence-corrected chi connectivity index (χ3v) is 6.83. The van der Waals surface area contributed by atoms with E-state index in [-0.39, 0.29) is 17.2 Å². The van der Waals surface area contributed by atoms with Gasteiger partial charge in [-0.25, -0.2) is 4.57 Å². The smallest absolute Gasteiger partial charge is 0.267 e. The van der Waals surface area contributed by atoms with Crippen molar-refractivity contribution in [3.8, 4) is 11.4 Å². The number of carbonyl (C=O) groups excluding carboxylic acids is 1. The fourth-order valence-electron chi connectivity index (χ4n) is 4.03. The molecule has 0 aliphatic rings. The molecule has 182 valence electrons. The molecule has 5 rings (SSSR count). The molecule has 1 amide bonds. The molecule has 0 radical (unpaired) electrons. The molecule has 0 fully saturated rings. The van der Waals surface area contributed by atoms with Gasteiger partial charge in [-0.2, -0.15) is 0 Å². The van der Waals surface area contributed by atoms with Crippen molar-refractivity contribution < 1.29 is 9.53 Å². The number of aromatic nitrogens is 4. The molecule has 3 aromatic carbocycles. The van der Waals surface area contributed by atoms with E-state index in [1.54, 1.807) is 19.2 Å². The number of rotatable bonds is 7. The first-order valence-electron chi connectivity index (χ1n) is 11.5. The van der Waals surface area contributed by atoms with Crippen LogP contribution in [-0.4, -0.2) is 37.9 Å². The molecule has 0 aliphatic heterocycles. The Hall–Kier alpha value is -4.11. The first kappa shape index (κ1) is 23.6. The Balaban J connectivity index is 1.49. The summed E-state index contributed by atoms with van der Waals surface area (Å²) in [5.74, 6) is 1.39. The molecule has 9 heteroatoms. The van der Waals surface area contributed by atoms with Crippen LogP contribution in [0.2, 0.25) is 0 Å². The molecule has 0 atom stereocenters. The lowest BCUT2D eigenvalue weighted by Gasteiger charge is -2.12. The number of ether oxygens (including phenoxy) is 1. The number of para-hydroxylation sites is 1. The third-order valence-electron chi connectivity index (χ3n) is 5.90. The topological polar surface area (TPSA) is 90.5 Å². The number of nitrogens with zero attached hydrogens (tertiary/aromatic N) is 4. The lowest BCUT2D eigenvalue weighted by atomic mass is 10.0. The Morgan fingerprint density at radius 3 is 2.56 bits per heavy atom. The standard InChI is InChI=1S/C27H25N5O3S/c1-17(2)18-11-13-19(14-12-18)28-24(33)16-36-27-30-29-26-31(20-7-6-8-21(15-20)35-3)25(34)22-9-4-5-10-23(22)32(26)27/h4-15,17H,16H2,1-3H3,(H,28,33). The zero-order valence-corrected chi connectivity index (χ0v) is 21.0. The van der Waals surface area contributed by atoms with Gasteiger partial charge in [0.05, 0.1) is 29.5 Å². The van der Waals surface area contributed by atoms with Gasteiger partial charge in [-0.05, 0) is 47.9 Å². The Labute approximate surface area is 211 Å². The van der Waals surface area contributed by atoms with Crippen LogP contribution in [0.1, 0.15) is 25.3 Å². The van der Waals surface area contributed by atoms with E-state index in [1.807, 2.05) is 65.1 Å². The summed E-state index contributed by atoms with van der Waals surface area (Å²) in [5, 5.41) is 12.6. The molecule has 0 bridgehead atoms. The summed E-state index contributed by atoms with van der Waals surface area (Å²) in [6.07, 6.45) is 0. The van der Waals surface area contributed by atoms with Crippen LogP contribution in [0.25, 0.3) is 22.4 Å². The summed E-state index contributed by atoms with van der Waals surface area (Å²) in [5.41, 5.74) is 3.04. The van der Waals surface area contributed by atoms with Gasteiger partial charge in [0.15, 0.2) is 5.16 Å². The molecule has 8 nitrogen and oxygen atoms in total. The number of fused-ring (bicyclic) bond motifs is 3.